The molecule has 3 rings (SSSR count). The van der Waals surface area contributed by atoms with Crippen LogP contribution in [0.2, 0.25) is 0 Å². The van der Waals surface area contributed by atoms with Crippen molar-refractivity contribution in [3.63, 3.8) is 0 Å². The fourth-order valence-electron chi connectivity index (χ4n) is 2.16. The zero-order chi connectivity index (χ0) is 14.7. The van der Waals surface area contributed by atoms with Gasteiger partial charge in [0, 0.05) is 24.7 Å². The summed E-state index contributed by atoms with van der Waals surface area (Å²) in [5, 5.41) is 14.2. The van der Waals surface area contributed by atoms with Crippen molar-refractivity contribution in [2.75, 3.05) is 7.11 Å². The van der Waals surface area contributed by atoms with Crippen LogP contribution >= 0.6 is 11.3 Å². The van der Waals surface area contributed by atoms with E-state index in [0.29, 0.717) is 18.0 Å². The van der Waals surface area contributed by atoms with Gasteiger partial charge in [-0.15, -0.1) is 11.3 Å². The summed E-state index contributed by atoms with van der Waals surface area (Å²) < 4.78 is 7.36. The molecule has 1 aromatic carbocycles. The highest BCUT2D eigenvalue weighted by atomic mass is 32.1. The molecule has 0 bridgehead atoms. The second-order valence-electron chi connectivity index (χ2n) is 4.54. The van der Waals surface area contributed by atoms with Gasteiger partial charge in [-0.1, -0.05) is 12.1 Å². The molecule has 0 aliphatic carbocycles. The standard InChI is InChI=1S/C15H14N4OS/c1-20-14-13(19-6-7-21-15(19)18-14)10-17-9-12-4-2-11(8-16)3-5-12/h2-7,17H,9-10H2,1H3. The van der Waals surface area contributed by atoms with Crippen LogP contribution in [0, 0.1) is 11.3 Å². The Labute approximate surface area is 126 Å². The topological polar surface area (TPSA) is 62.4 Å². The molecule has 21 heavy (non-hydrogen) atoms. The summed E-state index contributed by atoms with van der Waals surface area (Å²) in [6.45, 7) is 1.40. The molecule has 0 radical (unpaired) electrons. The van der Waals surface area contributed by atoms with Gasteiger partial charge in [0.15, 0.2) is 4.96 Å². The van der Waals surface area contributed by atoms with Crippen molar-refractivity contribution in [2.24, 2.45) is 0 Å². The second kappa shape index (κ2) is 5.95. The first kappa shape index (κ1) is 13.6. The minimum atomic E-state index is 0.661. The zero-order valence-electron chi connectivity index (χ0n) is 11.5. The number of hydrogen-bond acceptors (Lipinski definition) is 5. The minimum Gasteiger partial charge on any atom is -0.480 e. The van der Waals surface area contributed by atoms with Gasteiger partial charge in [-0.25, -0.2) is 0 Å². The molecule has 106 valence electrons. The molecule has 1 N–H and O–H groups in total. The fourth-order valence-corrected chi connectivity index (χ4v) is 2.88. The van der Waals surface area contributed by atoms with Crippen LogP contribution in [0.15, 0.2) is 35.8 Å². The van der Waals surface area contributed by atoms with Crippen LogP contribution in [0.25, 0.3) is 4.96 Å². The van der Waals surface area contributed by atoms with Gasteiger partial charge in [0.1, 0.15) is 5.69 Å². The molecule has 0 saturated carbocycles. The van der Waals surface area contributed by atoms with Crippen molar-refractivity contribution in [1.82, 2.24) is 14.7 Å². The van der Waals surface area contributed by atoms with Crippen LogP contribution in [0.1, 0.15) is 16.8 Å². The maximum absolute atomic E-state index is 8.78. The van der Waals surface area contributed by atoms with Crippen LogP contribution in [0.3, 0.4) is 0 Å². The van der Waals surface area contributed by atoms with E-state index in [-0.39, 0.29) is 0 Å². The molecule has 6 heteroatoms. The molecule has 0 aliphatic rings. The SMILES string of the molecule is COc1nc2sccn2c1CNCc1ccc(C#N)cc1. The Morgan fingerprint density at radius 2 is 2.14 bits per heavy atom. The van der Waals surface area contributed by atoms with Crippen molar-refractivity contribution in [1.29, 1.82) is 5.26 Å². The average molecular weight is 298 g/mol. The maximum atomic E-state index is 8.78. The number of fused-ring (bicyclic) bond motifs is 1. The van der Waals surface area contributed by atoms with Gasteiger partial charge in [0.25, 0.3) is 0 Å². The molecule has 0 unspecified atom stereocenters. The normalized spacial score (nSPS) is 10.7. The van der Waals surface area contributed by atoms with Crippen molar-refractivity contribution in [3.8, 4) is 11.9 Å². The number of thiazole rings is 1. The first-order chi connectivity index (χ1) is 10.3. The van der Waals surface area contributed by atoms with E-state index in [2.05, 4.69) is 16.4 Å². The molecular formula is C15H14N4OS. The van der Waals surface area contributed by atoms with Gasteiger partial charge >= 0.3 is 0 Å². The Hall–Kier alpha value is -2.36. The van der Waals surface area contributed by atoms with Crippen LogP contribution in [-0.2, 0) is 13.1 Å². The van der Waals surface area contributed by atoms with E-state index < -0.39 is 0 Å². The lowest BCUT2D eigenvalue weighted by Crippen LogP contribution is -2.14. The van der Waals surface area contributed by atoms with E-state index in [1.54, 1.807) is 18.4 Å². The molecule has 3 aromatic rings. The molecule has 2 heterocycles. The summed E-state index contributed by atoms with van der Waals surface area (Å²) in [5.74, 6) is 0.661. The third-order valence-electron chi connectivity index (χ3n) is 3.22. The lowest BCUT2D eigenvalue weighted by atomic mass is 10.1. The molecular weight excluding hydrogens is 284 g/mol. The first-order valence-electron chi connectivity index (χ1n) is 6.50. The lowest BCUT2D eigenvalue weighted by molar-refractivity contribution is 0.393. The number of benzene rings is 1. The monoisotopic (exact) mass is 298 g/mol. The highest BCUT2D eigenvalue weighted by molar-refractivity contribution is 7.15. The van der Waals surface area contributed by atoms with Crippen LogP contribution in [0.4, 0.5) is 0 Å². The van der Waals surface area contributed by atoms with Gasteiger partial charge in [-0.2, -0.15) is 10.2 Å². The van der Waals surface area contributed by atoms with Crippen LogP contribution < -0.4 is 10.1 Å². The van der Waals surface area contributed by atoms with Crippen LogP contribution in [-0.4, -0.2) is 16.5 Å². The largest absolute Gasteiger partial charge is 0.480 e. The van der Waals surface area contributed by atoms with E-state index in [9.17, 15) is 0 Å². The predicted octanol–water partition coefficient (Wildman–Crippen LogP) is 2.57. The Morgan fingerprint density at radius 1 is 1.33 bits per heavy atom. The maximum Gasteiger partial charge on any atom is 0.237 e. The van der Waals surface area contributed by atoms with Gasteiger partial charge in [0.05, 0.1) is 18.7 Å². The van der Waals surface area contributed by atoms with Crippen molar-refractivity contribution < 1.29 is 4.74 Å². The van der Waals surface area contributed by atoms with E-state index in [4.69, 9.17) is 10.00 Å². The lowest BCUT2D eigenvalue weighted by Gasteiger charge is -2.06. The Morgan fingerprint density at radius 3 is 2.86 bits per heavy atom. The number of methoxy groups -OCH3 is 1. The third kappa shape index (κ3) is 2.75. The number of nitrogens with one attached hydrogen (secondary N) is 1. The van der Waals surface area contributed by atoms with E-state index in [1.165, 1.54) is 0 Å². The second-order valence-corrected chi connectivity index (χ2v) is 5.41. The summed E-state index contributed by atoms with van der Waals surface area (Å²) >= 11 is 1.59. The van der Waals surface area contributed by atoms with Gasteiger partial charge in [-0.05, 0) is 17.7 Å². The molecule has 0 fully saturated rings. The van der Waals surface area contributed by atoms with Crippen molar-refractivity contribution in [3.05, 3.63) is 52.7 Å². The number of ether oxygens (including phenoxy) is 1. The minimum absolute atomic E-state index is 0.661. The van der Waals surface area contributed by atoms with Gasteiger partial charge in [0.2, 0.25) is 5.88 Å². The number of nitriles is 1. The zero-order valence-corrected chi connectivity index (χ0v) is 12.4. The quantitative estimate of drug-likeness (QED) is 0.786. The van der Waals surface area contributed by atoms with Crippen LogP contribution in [0.5, 0.6) is 5.88 Å². The fraction of sp³-hybridized carbons (Fsp3) is 0.200. The molecule has 0 spiro atoms. The van der Waals surface area contributed by atoms with E-state index in [0.717, 1.165) is 22.8 Å². The van der Waals surface area contributed by atoms with E-state index >= 15 is 0 Å². The summed E-state index contributed by atoms with van der Waals surface area (Å²) in [6.07, 6.45) is 1.99. The molecule has 0 saturated heterocycles. The summed E-state index contributed by atoms with van der Waals surface area (Å²) in [5.41, 5.74) is 2.83. The first-order valence-corrected chi connectivity index (χ1v) is 7.38. The number of imidazole rings is 1. The number of hydrogen-bond donors (Lipinski definition) is 1. The Kier molecular flexibility index (Phi) is 3.86. The number of aromatic nitrogens is 2. The molecule has 5 nitrogen and oxygen atoms in total. The van der Waals surface area contributed by atoms with E-state index in [1.807, 2.05) is 40.2 Å². The van der Waals surface area contributed by atoms with Gasteiger partial charge in [-0.3, -0.25) is 4.40 Å². The van der Waals surface area contributed by atoms with Gasteiger partial charge < -0.3 is 10.1 Å². The van der Waals surface area contributed by atoms with Crippen molar-refractivity contribution >= 4 is 16.3 Å². The third-order valence-corrected chi connectivity index (χ3v) is 3.98. The summed E-state index contributed by atoms with van der Waals surface area (Å²) in [6, 6.07) is 9.69. The van der Waals surface area contributed by atoms with Crippen molar-refractivity contribution in [2.45, 2.75) is 13.1 Å². The highest BCUT2D eigenvalue weighted by Crippen LogP contribution is 2.22. The smallest absolute Gasteiger partial charge is 0.237 e. The average Bonchev–Trinajstić information content (AvgIpc) is 3.09. The highest BCUT2D eigenvalue weighted by Gasteiger charge is 2.12. The molecule has 0 aliphatic heterocycles. The number of nitrogens with zero attached hydrogens (tertiary/aromatic N) is 3. The number of rotatable bonds is 5. The summed E-state index contributed by atoms with van der Waals surface area (Å²) in [4.78, 5) is 5.36. The predicted molar refractivity (Wildman–Crippen MR) is 81.3 cm³/mol. The molecule has 0 amide bonds. The Bertz CT molecular complexity index is 782. The molecule has 2 aromatic heterocycles. The Balaban J connectivity index is 1.68. The summed E-state index contributed by atoms with van der Waals surface area (Å²) in [7, 11) is 1.64. The molecule has 0 atom stereocenters.